The molecule has 0 fully saturated rings. The first kappa shape index (κ1) is 15.6. The summed E-state index contributed by atoms with van der Waals surface area (Å²) in [5.41, 5.74) is 0.525. The first-order chi connectivity index (χ1) is 9.42. The fourth-order valence-electron chi connectivity index (χ4n) is 1.55. The van der Waals surface area contributed by atoms with E-state index in [2.05, 4.69) is 43.2 Å². The van der Waals surface area contributed by atoms with Crippen LogP contribution in [0.4, 0.5) is 5.69 Å². The molecule has 0 spiro atoms. The van der Waals surface area contributed by atoms with Gasteiger partial charge in [0.15, 0.2) is 0 Å². The molecule has 2 aromatic rings. The van der Waals surface area contributed by atoms with Crippen molar-refractivity contribution in [1.29, 1.82) is 0 Å². The number of rotatable bonds is 4. The van der Waals surface area contributed by atoms with Crippen LogP contribution in [-0.4, -0.2) is 15.5 Å². The number of anilines is 1. The quantitative estimate of drug-likeness (QED) is 0.694. The van der Waals surface area contributed by atoms with E-state index in [9.17, 15) is 8.42 Å². The minimum absolute atomic E-state index is 0.170. The van der Waals surface area contributed by atoms with Crippen LogP contribution in [0.15, 0.2) is 51.8 Å². The molecule has 1 N–H and O–H groups in total. The fourth-order valence-corrected chi connectivity index (χ4v) is 3.68. The molecular weight excluding hydrogens is 457 g/mol. The average molecular weight is 468 g/mol. The van der Waals surface area contributed by atoms with Gasteiger partial charge < -0.3 is 4.74 Å². The van der Waals surface area contributed by atoms with Crippen LogP contribution in [-0.2, 0) is 10.0 Å². The first-order valence-electron chi connectivity index (χ1n) is 5.54. The molecule has 0 aliphatic heterocycles. The predicted molar refractivity (Wildman–Crippen MR) is 90.7 cm³/mol. The maximum absolute atomic E-state index is 12.3. The summed E-state index contributed by atoms with van der Waals surface area (Å²) >= 11 is 5.44. The van der Waals surface area contributed by atoms with Crippen LogP contribution in [0.1, 0.15) is 0 Å². The molecule has 0 amide bonds. The Kier molecular flexibility index (Phi) is 4.92. The lowest BCUT2D eigenvalue weighted by atomic mass is 10.3. The SMILES string of the molecule is COc1ccc(S(=O)(=O)Nc2ccc(I)cc2)cc1Br. The zero-order valence-electron chi connectivity index (χ0n) is 10.4. The third-order valence-corrected chi connectivity index (χ3v) is 5.25. The van der Waals surface area contributed by atoms with Gasteiger partial charge in [-0.2, -0.15) is 0 Å². The maximum Gasteiger partial charge on any atom is 0.261 e. The van der Waals surface area contributed by atoms with E-state index in [-0.39, 0.29) is 4.90 Å². The maximum atomic E-state index is 12.3. The fraction of sp³-hybridized carbons (Fsp3) is 0.0769. The van der Waals surface area contributed by atoms with Gasteiger partial charge >= 0.3 is 0 Å². The van der Waals surface area contributed by atoms with E-state index >= 15 is 0 Å². The molecule has 2 aromatic carbocycles. The van der Waals surface area contributed by atoms with Crippen LogP contribution >= 0.6 is 38.5 Å². The monoisotopic (exact) mass is 467 g/mol. The van der Waals surface area contributed by atoms with E-state index in [0.29, 0.717) is 15.9 Å². The lowest BCUT2D eigenvalue weighted by molar-refractivity contribution is 0.411. The normalized spacial score (nSPS) is 11.2. The molecule has 20 heavy (non-hydrogen) atoms. The summed E-state index contributed by atoms with van der Waals surface area (Å²) in [6.07, 6.45) is 0. The topological polar surface area (TPSA) is 55.4 Å². The number of methoxy groups -OCH3 is 1. The summed E-state index contributed by atoms with van der Waals surface area (Å²) in [7, 11) is -2.09. The predicted octanol–water partition coefficient (Wildman–Crippen LogP) is 3.86. The third kappa shape index (κ3) is 3.64. The molecular formula is C13H11BrINO3S. The van der Waals surface area contributed by atoms with Crippen LogP contribution in [0, 0.1) is 3.57 Å². The molecule has 2 rings (SSSR count). The van der Waals surface area contributed by atoms with E-state index in [1.807, 2.05) is 12.1 Å². The second kappa shape index (κ2) is 6.31. The van der Waals surface area contributed by atoms with Gasteiger partial charge in [0.05, 0.1) is 16.5 Å². The summed E-state index contributed by atoms with van der Waals surface area (Å²) in [4.78, 5) is 0.170. The molecule has 0 aromatic heterocycles. The first-order valence-corrected chi connectivity index (χ1v) is 8.90. The van der Waals surface area contributed by atoms with Gasteiger partial charge in [-0.05, 0) is 81.0 Å². The Hall–Kier alpha value is -0.800. The Labute approximate surface area is 139 Å². The Morgan fingerprint density at radius 1 is 1.15 bits per heavy atom. The number of sulfonamides is 1. The van der Waals surface area contributed by atoms with E-state index in [1.165, 1.54) is 19.2 Å². The molecule has 0 aliphatic rings. The molecule has 7 heteroatoms. The minimum atomic E-state index is -3.61. The van der Waals surface area contributed by atoms with Crippen LogP contribution in [0.2, 0.25) is 0 Å². The summed E-state index contributed by atoms with van der Waals surface area (Å²) in [6.45, 7) is 0. The lowest BCUT2D eigenvalue weighted by Crippen LogP contribution is -2.13. The molecule has 106 valence electrons. The van der Waals surface area contributed by atoms with Gasteiger partial charge in [0, 0.05) is 9.26 Å². The lowest BCUT2D eigenvalue weighted by Gasteiger charge is -2.10. The zero-order chi connectivity index (χ0) is 14.8. The number of halogens is 2. The van der Waals surface area contributed by atoms with Gasteiger partial charge in [-0.15, -0.1) is 0 Å². The highest BCUT2D eigenvalue weighted by molar-refractivity contribution is 14.1. The van der Waals surface area contributed by atoms with Gasteiger partial charge in [0.25, 0.3) is 10.0 Å². The van der Waals surface area contributed by atoms with Crippen molar-refractivity contribution in [2.45, 2.75) is 4.90 Å². The molecule has 0 aliphatic carbocycles. The van der Waals surface area contributed by atoms with Crippen molar-refractivity contribution in [3.63, 3.8) is 0 Å². The minimum Gasteiger partial charge on any atom is -0.496 e. The molecule has 4 nitrogen and oxygen atoms in total. The van der Waals surface area contributed by atoms with Crippen LogP contribution < -0.4 is 9.46 Å². The van der Waals surface area contributed by atoms with E-state index in [0.717, 1.165) is 3.57 Å². The Morgan fingerprint density at radius 2 is 1.80 bits per heavy atom. The highest BCUT2D eigenvalue weighted by Crippen LogP contribution is 2.28. The third-order valence-electron chi connectivity index (χ3n) is 2.53. The smallest absolute Gasteiger partial charge is 0.261 e. The number of hydrogen-bond donors (Lipinski definition) is 1. The molecule has 0 atom stereocenters. The number of hydrogen-bond acceptors (Lipinski definition) is 3. The van der Waals surface area contributed by atoms with Gasteiger partial charge in [-0.25, -0.2) is 8.42 Å². The van der Waals surface area contributed by atoms with Crippen molar-refractivity contribution in [3.8, 4) is 5.75 Å². The summed E-state index contributed by atoms with van der Waals surface area (Å²) in [6, 6.07) is 11.7. The summed E-state index contributed by atoms with van der Waals surface area (Å²) in [5, 5.41) is 0. The standard InChI is InChI=1S/C13H11BrINO3S/c1-19-13-7-6-11(8-12(13)14)20(17,18)16-10-4-2-9(15)3-5-10/h2-8,16H,1H3. The van der Waals surface area contributed by atoms with E-state index in [1.54, 1.807) is 18.2 Å². The van der Waals surface area contributed by atoms with Crippen molar-refractivity contribution < 1.29 is 13.2 Å². The summed E-state index contributed by atoms with van der Waals surface area (Å²) in [5.74, 6) is 0.582. The molecule has 0 bridgehead atoms. The Morgan fingerprint density at radius 3 is 2.35 bits per heavy atom. The van der Waals surface area contributed by atoms with E-state index in [4.69, 9.17) is 4.74 Å². The second-order valence-corrected chi connectivity index (χ2v) is 7.69. The van der Waals surface area contributed by atoms with Crippen LogP contribution in [0.5, 0.6) is 5.75 Å². The highest BCUT2D eigenvalue weighted by atomic mass is 127. The molecule has 0 saturated heterocycles. The van der Waals surface area contributed by atoms with Gasteiger partial charge in [-0.1, -0.05) is 0 Å². The van der Waals surface area contributed by atoms with Crippen molar-refractivity contribution in [1.82, 2.24) is 0 Å². The Balaban J connectivity index is 2.30. The molecule has 0 unspecified atom stereocenters. The molecule has 0 heterocycles. The van der Waals surface area contributed by atoms with Gasteiger partial charge in [-0.3, -0.25) is 4.72 Å². The zero-order valence-corrected chi connectivity index (χ0v) is 15.0. The van der Waals surface area contributed by atoms with Crippen LogP contribution in [0.25, 0.3) is 0 Å². The highest BCUT2D eigenvalue weighted by Gasteiger charge is 2.16. The van der Waals surface area contributed by atoms with Crippen molar-refractivity contribution in [2.75, 3.05) is 11.8 Å². The number of benzene rings is 2. The van der Waals surface area contributed by atoms with Crippen molar-refractivity contribution >= 4 is 54.2 Å². The average Bonchev–Trinajstić information content (AvgIpc) is 2.41. The molecule has 0 saturated carbocycles. The Bertz CT molecular complexity index is 717. The van der Waals surface area contributed by atoms with Crippen molar-refractivity contribution in [2.24, 2.45) is 0 Å². The largest absolute Gasteiger partial charge is 0.496 e. The summed E-state index contributed by atoms with van der Waals surface area (Å²) < 4.78 is 33.8. The van der Waals surface area contributed by atoms with Gasteiger partial charge in [0.2, 0.25) is 0 Å². The molecule has 0 radical (unpaired) electrons. The van der Waals surface area contributed by atoms with E-state index < -0.39 is 10.0 Å². The number of nitrogens with one attached hydrogen (secondary N) is 1. The van der Waals surface area contributed by atoms with Crippen LogP contribution in [0.3, 0.4) is 0 Å². The number of ether oxygens (including phenoxy) is 1. The van der Waals surface area contributed by atoms with Gasteiger partial charge in [0.1, 0.15) is 5.75 Å². The van der Waals surface area contributed by atoms with Crippen molar-refractivity contribution in [3.05, 3.63) is 50.5 Å². The second-order valence-electron chi connectivity index (χ2n) is 3.91.